The number of carbonyl (C=O) groups is 5. The summed E-state index contributed by atoms with van der Waals surface area (Å²) in [6.45, 7) is 9.37. The average Bonchev–Trinajstić information content (AvgIpc) is 3.59. The Kier molecular flexibility index (Phi) is 11.3. The Hall–Kier alpha value is -3.17. The van der Waals surface area contributed by atoms with Gasteiger partial charge in [0.15, 0.2) is 0 Å². The summed E-state index contributed by atoms with van der Waals surface area (Å²) in [4.78, 5) is 67.1. The van der Waals surface area contributed by atoms with Gasteiger partial charge in [0.1, 0.15) is 17.7 Å². The SMILES string of the molecule is C=C=C[C@H]1CCN2C(=O)[C@@H](NC(=O)OC(C)(C)C)COCCCCCCC[C@@H](C(=O)C(=O)NC3CC3)NC(=O)[C@H]12. The number of alkyl carbamates (subject to hydrolysis) is 1. The maximum absolute atomic E-state index is 13.8. The number of rotatable bonds is 5. The number of ether oxygens (including phenoxy) is 2. The smallest absolute Gasteiger partial charge is 0.408 e. The molecule has 3 rings (SSSR count). The van der Waals surface area contributed by atoms with E-state index in [1.807, 2.05) is 0 Å². The van der Waals surface area contributed by atoms with Crippen molar-refractivity contribution in [3.05, 3.63) is 18.4 Å². The number of fused-ring (bicyclic) bond motifs is 1. The van der Waals surface area contributed by atoms with Crippen LogP contribution in [0.25, 0.3) is 0 Å². The topological polar surface area (TPSA) is 143 Å². The monoisotopic (exact) mass is 560 g/mol. The minimum Gasteiger partial charge on any atom is -0.444 e. The van der Waals surface area contributed by atoms with E-state index in [0.717, 1.165) is 38.5 Å². The zero-order valence-electron chi connectivity index (χ0n) is 24.0. The van der Waals surface area contributed by atoms with Crippen LogP contribution in [0.1, 0.15) is 78.6 Å². The molecule has 0 spiro atoms. The molecule has 4 amide bonds. The van der Waals surface area contributed by atoms with E-state index in [-0.39, 0.29) is 19.2 Å². The molecule has 4 atom stereocenters. The summed E-state index contributed by atoms with van der Waals surface area (Å²) in [6.07, 6.45) is 7.40. The molecule has 0 radical (unpaired) electrons. The molecule has 0 aromatic carbocycles. The van der Waals surface area contributed by atoms with Crippen molar-refractivity contribution in [2.24, 2.45) is 5.92 Å². The van der Waals surface area contributed by atoms with Gasteiger partial charge in [-0.2, -0.15) is 0 Å². The lowest BCUT2D eigenvalue weighted by Crippen LogP contribution is -2.58. The standard InChI is InChI=1S/C29H44N4O7/c1-5-11-19-15-16-33-23(19)25(35)31-21(24(34)26(36)30-20-13-14-20)12-9-7-6-8-10-17-39-18-22(27(33)37)32-28(38)40-29(2,3)4/h11,19-23H,1,6-10,12-18H2,2-4H3,(H,30,36)(H,31,35)(H,32,38)/t19-,21-,22-,23-/m0/s1. The second-order valence-electron chi connectivity index (χ2n) is 11.8. The Morgan fingerprint density at radius 2 is 1.75 bits per heavy atom. The molecular formula is C29H44N4O7. The lowest BCUT2D eigenvalue weighted by molar-refractivity contribution is -0.144. The number of Topliss-reactive ketones (excluding diaryl/α,β-unsaturated/α-hetero) is 1. The number of amides is 4. The zero-order valence-corrected chi connectivity index (χ0v) is 24.0. The first-order valence-corrected chi connectivity index (χ1v) is 14.4. The van der Waals surface area contributed by atoms with Crippen molar-refractivity contribution in [2.45, 2.75) is 108 Å². The molecule has 0 bridgehead atoms. The number of nitrogens with one attached hydrogen (secondary N) is 3. The molecule has 3 fully saturated rings. The molecule has 1 saturated carbocycles. The minimum absolute atomic E-state index is 0.0139. The molecule has 11 heteroatoms. The highest BCUT2D eigenvalue weighted by Crippen LogP contribution is 2.27. The molecule has 0 aromatic heterocycles. The summed E-state index contributed by atoms with van der Waals surface area (Å²) in [5.41, 5.74) is 1.94. The van der Waals surface area contributed by atoms with E-state index < -0.39 is 59.2 Å². The van der Waals surface area contributed by atoms with Crippen molar-refractivity contribution < 1.29 is 33.4 Å². The van der Waals surface area contributed by atoms with Crippen molar-refractivity contribution in [2.75, 3.05) is 19.8 Å². The number of nitrogens with zero attached hydrogens (tertiary/aromatic N) is 1. The second kappa shape index (κ2) is 14.5. The molecule has 3 N–H and O–H groups in total. The molecule has 2 heterocycles. The molecule has 2 saturated heterocycles. The summed E-state index contributed by atoms with van der Waals surface area (Å²) >= 11 is 0. The van der Waals surface area contributed by atoms with Crippen molar-refractivity contribution in [1.82, 2.24) is 20.9 Å². The van der Waals surface area contributed by atoms with Crippen LogP contribution < -0.4 is 16.0 Å². The fourth-order valence-electron chi connectivity index (χ4n) is 5.00. The Bertz CT molecular complexity index is 997. The number of hydrogen-bond acceptors (Lipinski definition) is 7. The first-order valence-electron chi connectivity index (χ1n) is 14.4. The van der Waals surface area contributed by atoms with Crippen LogP contribution >= 0.6 is 0 Å². The third-order valence-electron chi connectivity index (χ3n) is 7.15. The van der Waals surface area contributed by atoms with Gasteiger partial charge in [-0.15, -0.1) is 5.73 Å². The van der Waals surface area contributed by atoms with Gasteiger partial charge in [0.25, 0.3) is 5.91 Å². The van der Waals surface area contributed by atoms with Crippen LogP contribution in [0.4, 0.5) is 4.79 Å². The lowest BCUT2D eigenvalue weighted by Gasteiger charge is -2.31. The third kappa shape index (κ3) is 9.48. The predicted molar refractivity (Wildman–Crippen MR) is 147 cm³/mol. The van der Waals surface area contributed by atoms with E-state index in [2.05, 4.69) is 28.3 Å². The van der Waals surface area contributed by atoms with E-state index in [1.54, 1.807) is 26.8 Å². The highest BCUT2D eigenvalue weighted by Gasteiger charge is 2.44. The first-order chi connectivity index (χ1) is 19.0. The lowest BCUT2D eigenvalue weighted by atomic mass is 9.97. The van der Waals surface area contributed by atoms with E-state index in [0.29, 0.717) is 25.9 Å². The molecule has 3 aliphatic rings. The molecule has 1 aliphatic carbocycles. The van der Waals surface area contributed by atoms with E-state index >= 15 is 0 Å². The van der Waals surface area contributed by atoms with Crippen LogP contribution in [-0.2, 0) is 28.7 Å². The molecule has 11 nitrogen and oxygen atoms in total. The summed E-state index contributed by atoms with van der Waals surface area (Å²) < 4.78 is 11.1. The van der Waals surface area contributed by atoms with Gasteiger partial charge in [0.05, 0.1) is 12.6 Å². The van der Waals surface area contributed by atoms with Crippen LogP contribution in [0.2, 0.25) is 0 Å². The van der Waals surface area contributed by atoms with Gasteiger partial charge in [0.2, 0.25) is 17.6 Å². The van der Waals surface area contributed by atoms with Crippen molar-refractivity contribution in [3.8, 4) is 0 Å². The zero-order chi connectivity index (χ0) is 29.3. The number of ketones is 1. The Balaban J connectivity index is 1.85. The summed E-state index contributed by atoms with van der Waals surface area (Å²) in [6, 6.07) is -3.03. The van der Waals surface area contributed by atoms with Gasteiger partial charge >= 0.3 is 6.09 Å². The van der Waals surface area contributed by atoms with Crippen molar-refractivity contribution in [3.63, 3.8) is 0 Å². The van der Waals surface area contributed by atoms with Crippen LogP contribution in [0.5, 0.6) is 0 Å². The predicted octanol–water partition coefficient (Wildman–Crippen LogP) is 2.14. The van der Waals surface area contributed by atoms with Gasteiger partial charge < -0.3 is 30.3 Å². The molecule has 222 valence electrons. The largest absolute Gasteiger partial charge is 0.444 e. The van der Waals surface area contributed by atoms with Crippen molar-refractivity contribution >= 4 is 29.6 Å². The summed E-state index contributed by atoms with van der Waals surface area (Å²) in [5, 5.41) is 8.11. The first kappa shape index (κ1) is 31.4. The van der Waals surface area contributed by atoms with E-state index in [1.165, 1.54) is 4.90 Å². The Morgan fingerprint density at radius 3 is 2.42 bits per heavy atom. The van der Waals surface area contributed by atoms with Gasteiger partial charge in [-0.05, 0) is 59.0 Å². The maximum Gasteiger partial charge on any atom is 0.408 e. The van der Waals surface area contributed by atoms with Gasteiger partial charge in [0, 0.05) is 25.1 Å². The molecule has 2 aliphatic heterocycles. The third-order valence-corrected chi connectivity index (χ3v) is 7.15. The fraction of sp³-hybridized carbons (Fsp3) is 0.724. The highest BCUT2D eigenvalue weighted by atomic mass is 16.6. The maximum atomic E-state index is 13.8. The van der Waals surface area contributed by atoms with Crippen LogP contribution in [0, 0.1) is 5.92 Å². The van der Waals surface area contributed by atoms with Gasteiger partial charge in [-0.1, -0.05) is 32.3 Å². The number of hydrogen-bond donors (Lipinski definition) is 3. The average molecular weight is 561 g/mol. The van der Waals surface area contributed by atoms with Crippen LogP contribution in [0.3, 0.4) is 0 Å². The van der Waals surface area contributed by atoms with E-state index in [9.17, 15) is 24.0 Å². The van der Waals surface area contributed by atoms with E-state index in [4.69, 9.17) is 9.47 Å². The van der Waals surface area contributed by atoms with Gasteiger partial charge in [-0.3, -0.25) is 19.2 Å². The second-order valence-corrected chi connectivity index (χ2v) is 11.8. The Labute approximate surface area is 236 Å². The van der Waals surface area contributed by atoms with Gasteiger partial charge in [-0.25, -0.2) is 4.79 Å². The molecule has 0 aromatic rings. The molecule has 0 unspecified atom stereocenters. The normalized spacial score (nSPS) is 27.0. The van der Waals surface area contributed by atoms with Crippen LogP contribution in [-0.4, -0.2) is 84.0 Å². The Morgan fingerprint density at radius 1 is 1.05 bits per heavy atom. The highest BCUT2D eigenvalue weighted by molar-refractivity contribution is 6.38. The van der Waals surface area contributed by atoms with Crippen LogP contribution in [0.15, 0.2) is 18.4 Å². The molecule has 40 heavy (non-hydrogen) atoms. The quantitative estimate of drug-likeness (QED) is 0.345. The minimum atomic E-state index is -1.08. The molecular weight excluding hydrogens is 516 g/mol. The fourth-order valence-corrected chi connectivity index (χ4v) is 5.00. The number of carbonyl (C=O) groups excluding carboxylic acids is 5. The summed E-state index contributed by atoms with van der Waals surface area (Å²) in [7, 11) is 0. The summed E-state index contributed by atoms with van der Waals surface area (Å²) in [5.74, 6) is -2.80. The van der Waals surface area contributed by atoms with Crippen molar-refractivity contribution in [1.29, 1.82) is 0 Å².